The van der Waals surface area contributed by atoms with Crippen LogP contribution in [0.15, 0.2) is 35.9 Å². The number of ether oxygens (including phenoxy) is 1. The molecule has 4 heteroatoms. The summed E-state index contributed by atoms with van der Waals surface area (Å²) in [7, 11) is 0. The van der Waals surface area contributed by atoms with Crippen LogP contribution in [0.1, 0.15) is 85.9 Å². The SMILES string of the molecule is CC12CCC(=O)C=C1CCC1C2CCC2(C)C(OC3C(=O)c4ccccc4C3=O)CCC12. The molecule has 0 bridgehead atoms. The largest absolute Gasteiger partial charge is 0.358 e. The highest BCUT2D eigenvalue weighted by molar-refractivity contribution is 6.28. The smallest absolute Gasteiger partial charge is 0.200 e. The molecule has 0 saturated heterocycles. The number of fused-ring (bicyclic) bond motifs is 6. The number of benzene rings is 1. The van der Waals surface area contributed by atoms with Gasteiger partial charge in [-0.3, -0.25) is 14.4 Å². The molecule has 0 radical (unpaired) electrons. The highest BCUT2D eigenvalue weighted by Gasteiger charge is 2.60. The number of hydrogen-bond acceptors (Lipinski definition) is 4. The summed E-state index contributed by atoms with van der Waals surface area (Å²) in [4.78, 5) is 37.9. The summed E-state index contributed by atoms with van der Waals surface area (Å²) in [5.41, 5.74) is 2.59. The molecule has 0 aromatic heterocycles. The van der Waals surface area contributed by atoms with Crippen molar-refractivity contribution in [1.82, 2.24) is 0 Å². The highest BCUT2D eigenvalue weighted by atomic mass is 16.5. The molecule has 3 fully saturated rings. The van der Waals surface area contributed by atoms with E-state index < -0.39 is 6.10 Å². The first-order valence-electron chi connectivity index (χ1n) is 12.4. The Morgan fingerprint density at radius 3 is 2.28 bits per heavy atom. The van der Waals surface area contributed by atoms with Gasteiger partial charge in [-0.25, -0.2) is 0 Å². The van der Waals surface area contributed by atoms with Crippen LogP contribution in [-0.4, -0.2) is 29.6 Å². The topological polar surface area (TPSA) is 60.4 Å². The van der Waals surface area contributed by atoms with Gasteiger partial charge in [-0.2, -0.15) is 0 Å². The van der Waals surface area contributed by atoms with Crippen molar-refractivity contribution in [2.75, 3.05) is 0 Å². The van der Waals surface area contributed by atoms with Gasteiger partial charge in [0.1, 0.15) is 0 Å². The van der Waals surface area contributed by atoms with Gasteiger partial charge in [-0.15, -0.1) is 0 Å². The molecule has 0 N–H and O–H groups in total. The average Bonchev–Trinajstić information content (AvgIpc) is 3.24. The molecule has 4 nitrogen and oxygen atoms in total. The minimum Gasteiger partial charge on any atom is -0.358 e. The summed E-state index contributed by atoms with van der Waals surface area (Å²) in [6.45, 7) is 4.75. The molecule has 0 amide bonds. The Kier molecular flexibility index (Phi) is 4.47. The minimum atomic E-state index is -0.964. The molecule has 0 heterocycles. The lowest BCUT2D eigenvalue weighted by Crippen LogP contribution is -2.52. The summed E-state index contributed by atoms with van der Waals surface area (Å²) in [5.74, 6) is 1.81. The Hall–Kier alpha value is -2.07. The Morgan fingerprint density at radius 1 is 0.844 bits per heavy atom. The van der Waals surface area contributed by atoms with Crippen LogP contribution in [0, 0.1) is 28.6 Å². The molecule has 5 aliphatic rings. The third kappa shape index (κ3) is 2.68. The first kappa shape index (κ1) is 20.5. The average molecular weight is 433 g/mol. The van der Waals surface area contributed by atoms with E-state index in [1.807, 2.05) is 18.2 Å². The molecule has 168 valence electrons. The van der Waals surface area contributed by atoms with E-state index in [0.717, 1.165) is 44.9 Å². The second-order valence-electron chi connectivity index (χ2n) is 11.4. The van der Waals surface area contributed by atoms with Crippen LogP contribution in [-0.2, 0) is 9.53 Å². The molecule has 5 aliphatic carbocycles. The van der Waals surface area contributed by atoms with Crippen molar-refractivity contribution in [3.05, 3.63) is 47.0 Å². The van der Waals surface area contributed by atoms with Crippen molar-refractivity contribution in [1.29, 1.82) is 0 Å². The predicted octanol–water partition coefficient (Wildman–Crippen LogP) is 5.35. The number of rotatable bonds is 2. The maximum absolute atomic E-state index is 12.9. The van der Waals surface area contributed by atoms with Crippen LogP contribution in [0.2, 0.25) is 0 Å². The monoisotopic (exact) mass is 432 g/mol. The lowest BCUT2D eigenvalue weighted by Gasteiger charge is -2.58. The van der Waals surface area contributed by atoms with Crippen molar-refractivity contribution < 1.29 is 19.1 Å². The molecule has 1 aromatic carbocycles. The Bertz CT molecular complexity index is 1020. The van der Waals surface area contributed by atoms with Crippen LogP contribution in [0.3, 0.4) is 0 Å². The molecule has 0 aliphatic heterocycles. The van der Waals surface area contributed by atoms with E-state index in [-0.39, 0.29) is 28.5 Å². The van der Waals surface area contributed by atoms with Crippen LogP contribution >= 0.6 is 0 Å². The number of hydrogen-bond donors (Lipinski definition) is 0. The van der Waals surface area contributed by atoms with Crippen molar-refractivity contribution in [2.24, 2.45) is 28.6 Å². The predicted molar refractivity (Wildman–Crippen MR) is 120 cm³/mol. The van der Waals surface area contributed by atoms with Crippen LogP contribution in [0.5, 0.6) is 0 Å². The lowest BCUT2D eigenvalue weighted by atomic mass is 9.47. The fourth-order valence-electron chi connectivity index (χ4n) is 8.34. The van der Waals surface area contributed by atoms with Crippen LogP contribution in [0.25, 0.3) is 0 Å². The molecule has 6 unspecified atom stereocenters. The van der Waals surface area contributed by atoms with Gasteiger partial charge in [0.15, 0.2) is 23.5 Å². The third-order valence-corrected chi connectivity index (χ3v) is 10.1. The van der Waals surface area contributed by atoms with Crippen LogP contribution < -0.4 is 0 Å². The van der Waals surface area contributed by atoms with Crippen molar-refractivity contribution >= 4 is 17.3 Å². The highest BCUT2D eigenvalue weighted by Crippen LogP contribution is 2.65. The van der Waals surface area contributed by atoms with Crippen molar-refractivity contribution in [3.63, 3.8) is 0 Å². The number of allylic oxidation sites excluding steroid dienone is 1. The van der Waals surface area contributed by atoms with Gasteiger partial charge in [0, 0.05) is 17.5 Å². The zero-order valence-corrected chi connectivity index (χ0v) is 19.1. The summed E-state index contributed by atoms with van der Waals surface area (Å²) in [6, 6.07) is 7.11. The summed E-state index contributed by atoms with van der Waals surface area (Å²) in [5, 5.41) is 0. The van der Waals surface area contributed by atoms with E-state index in [9.17, 15) is 14.4 Å². The standard InChI is InChI=1S/C28H32O4/c1-27-13-11-17(29)15-16(27)7-8-20-21-9-10-23(28(21,2)14-12-22(20)27)32-26-24(30)18-5-3-4-6-19(18)25(26)31/h3-6,15,20-23,26H,7-14H2,1-2H3. The Labute approximate surface area is 189 Å². The third-order valence-electron chi connectivity index (χ3n) is 10.1. The second-order valence-corrected chi connectivity index (χ2v) is 11.4. The molecular formula is C28H32O4. The van der Waals surface area contributed by atoms with Gasteiger partial charge in [0.25, 0.3) is 0 Å². The number of carbonyl (C=O) groups is 3. The number of ketones is 3. The summed E-state index contributed by atoms with van der Waals surface area (Å²) >= 11 is 0. The van der Waals surface area contributed by atoms with E-state index in [1.54, 1.807) is 12.1 Å². The quantitative estimate of drug-likeness (QED) is 0.591. The second kappa shape index (κ2) is 6.96. The number of carbonyl (C=O) groups excluding carboxylic acids is 3. The summed E-state index contributed by atoms with van der Waals surface area (Å²) < 4.78 is 6.42. The first-order chi connectivity index (χ1) is 15.3. The Balaban J connectivity index is 1.24. The van der Waals surface area contributed by atoms with E-state index in [1.165, 1.54) is 5.57 Å². The van der Waals surface area contributed by atoms with Gasteiger partial charge >= 0.3 is 0 Å². The molecule has 32 heavy (non-hydrogen) atoms. The lowest BCUT2D eigenvalue weighted by molar-refractivity contribution is -0.119. The molecule has 6 rings (SSSR count). The van der Waals surface area contributed by atoms with E-state index in [4.69, 9.17) is 4.74 Å². The molecular weight excluding hydrogens is 400 g/mol. The molecule has 0 spiro atoms. The van der Waals surface area contributed by atoms with Crippen molar-refractivity contribution in [3.8, 4) is 0 Å². The maximum atomic E-state index is 12.9. The van der Waals surface area contributed by atoms with Crippen molar-refractivity contribution in [2.45, 2.75) is 77.4 Å². The fraction of sp³-hybridized carbons (Fsp3) is 0.607. The van der Waals surface area contributed by atoms with E-state index >= 15 is 0 Å². The van der Waals surface area contributed by atoms with Gasteiger partial charge < -0.3 is 4.74 Å². The number of Topliss-reactive ketones (excluding diaryl/α,β-unsaturated/α-hetero) is 2. The molecule has 1 aromatic rings. The van der Waals surface area contributed by atoms with Crippen LogP contribution in [0.4, 0.5) is 0 Å². The first-order valence-corrected chi connectivity index (χ1v) is 12.4. The van der Waals surface area contributed by atoms with Gasteiger partial charge in [-0.05, 0) is 79.6 Å². The van der Waals surface area contributed by atoms with Gasteiger partial charge in [-0.1, -0.05) is 43.7 Å². The van der Waals surface area contributed by atoms with Gasteiger partial charge in [0.05, 0.1) is 6.10 Å². The van der Waals surface area contributed by atoms with E-state index in [2.05, 4.69) is 13.8 Å². The normalized spacial score (nSPS) is 41.1. The fourth-order valence-corrected chi connectivity index (χ4v) is 8.34. The minimum absolute atomic E-state index is 0.0125. The summed E-state index contributed by atoms with van der Waals surface area (Å²) in [6.07, 6.45) is 9.07. The Morgan fingerprint density at radius 2 is 1.56 bits per heavy atom. The maximum Gasteiger partial charge on any atom is 0.200 e. The molecule has 6 atom stereocenters. The zero-order valence-electron chi connectivity index (χ0n) is 19.1. The van der Waals surface area contributed by atoms with Gasteiger partial charge in [0.2, 0.25) is 0 Å². The molecule has 3 saturated carbocycles. The zero-order chi connectivity index (χ0) is 22.3. The van der Waals surface area contributed by atoms with E-state index in [0.29, 0.717) is 41.1 Å².